The second-order valence-corrected chi connectivity index (χ2v) is 7.90. The molecule has 11 nitrogen and oxygen atoms in total. The fraction of sp³-hybridized carbons (Fsp3) is 0.688. The Kier molecular flexibility index (Phi) is 7.78. The van der Waals surface area contributed by atoms with Gasteiger partial charge < -0.3 is 14.6 Å². The first-order valence-corrected chi connectivity index (χ1v) is 10.1. The fourth-order valence-electron chi connectivity index (χ4n) is 2.56. The number of carbonyl (C=O) groups excluding carboxylic acids is 1. The van der Waals surface area contributed by atoms with E-state index in [0.29, 0.717) is 0 Å². The maximum Gasteiger partial charge on any atom is 0.613 e. The SMILES string of the molecule is Cc1cn([C@H]2O[C@@H](CO[P+](=O)N[C@@H](C)C(=O)OC(C)C)C(O)C2F)c(=O)[nH]c1=O. The van der Waals surface area contributed by atoms with Gasteiger partial charge in [-0.3, -0.25) is 19.1 Å². The summed E-state index contributed by atoms with van der Waals surface area (Å²) < 4.78 is 42.6. The Morgan fingerprint density at radius 3 is 2.72 bits per heavy atom. The van der Waals surface area contributed by atoms with E-state index in [1.54, 1.807) is 13.8 Å². The van der Waals surface area contributed by atoms with Gasteiger partial charge in [0.15, 0.2) is 12.4 Å². The van der Waals surface area contributed by atoms with Crippen molar-refractivity contribution in [3.63, 3.8) is 0 Å². The molecule has 3 unspecified atom stereocenters. The molecule has 0 spiro atoms. The first-order valence-electron chi connectivity index (χ1n) is 8.87. The Morgan fingerprint density at radius 2 is 2.10 bits per heavy atom. The van der Waals surface area contributed by atoms with Crippen LogP contribution in [0.4, 0.5) is 4.39 Å². The Balaban J connectivity index is 1.97. The van der Waals surface area contributed by atoms with Gasteiger partial charge in [-0.2, -0.15) is 0 Å². The van der Waals surface area contributed by atoms with Gasteiger partial charge in [0.1, 0.15) is 24.9 Å². The highest BCUT2D eigenvalue weighted by Crippen LogP contribution is 2.32. The molecule has 29 heavy (non-hydrogen) atoms. The first-order chi connectivity index (χ1) is 13.5. The highest BCUT2D eigenvalue weighted by atomic mass is 31.1. The summed E-state index contributed by atoms with van der Waals surface area (Å²) in [7, 11) is -2.54. The third-order valence-corrected chi connectivity index (χ3v) is 5.06. The predicted octanol–water partition coefficient (Wildman–Crippen LogP) is 0.0451. The molecule has 1 aliphatic rings. The number of aromatic nitrogens is 2. The number of aliphatic hydroxyl groups is 1. The number of hydrogen-bond donors (Lipinski definition) is 3. The van der Waals surface area contributed by atoms with Crippen LogP contribution in [0.1, 0.15) is 32.6 Å². The molecule has 0 aliphatic carbocycles. The van der Waals surface area contributed by atoms with Gasteiger partial charge in [-0.25, -0.2) is 9.18 Å². The van der Waals surface area contributed by atoms with Crippen LogP contribution in [-0.2, 0) is 23.4 Å². The number of aromatic amines is 1. The van der Waals surface area contributed by atoms with Crippen LogP contribution >= 0.6 is 8.18 Å². The summed E-state index contributed by atoms with van der Waals surface area (Å²) in [5.74, 6) is -0.624. The average Bonchev–Trinajstić information content (AvgIpc) is 2.90. The third-order valence-electron chi connectivity index (χ3n) is 4.07. The maximum atomic E-state index is 14.5. The van der Waals surface area contributed by atoms with Crippen molar-refractivity contribution in [1.29, 1.82) is 0 Å². The Labute approximate surface area is 166 Å². The van der Waals surface area contributed by atoms with Gasteiger partial charge in [-0.15, -0.1) is 4.52 Å². The van der Waals surface area contributed by atoms with Crippen molar-refractivity contribution in [3.05, 3.63) is 32.6 Å². The number of nitrogens with one attached hydrogen (secondary N) is 2. The molecule has 1 aromatic rings. The lowest BCUT2D eigenvalue weighted by Gasteiger charge is -2.16. The van der Waals surface area contributed by atoms with Crippen molar-refractivity contribution in [1.82, 2.24) is 14.6 Å². The molecule has 2 heterocycles. The number of H-pyrrole nitrogens is 1. The Hall–Kier alpha value is -1.98. The molecule has 13 heteroatoms. The summed E-state index contributed by atoms with van der Waals surface area (Å²) in [4.78, 5) is 37.1. The molecule has 0 amide bonds. The number of carbonyl (C=O) groups is 1. The van der Waals surface area contributed by atoms with Crippen LogP contribution in [0.25, 0.3) is 0 Å². The van der Waals surface area contributed by atoms with Crippen LogP contribution in [0.15, 0.2) is 15.8 Å². The summed E-state index contributed by atoms with van der Waals surface area (Å²) in [6.07, 6.45) is -5.59. The molecule has 0 radical (unpaired) electrons. The number of rotatable bonds is 8. The monoisotopic (exact) mass is 436 g/mol. The normalized spacial score (nSPS) is 25.8. The highest BCUT2D eigenvalue weighted by molar-refractivity contribution is 7.36. The molecular weight excluding hydrogens is 412 g/mol. The largest absolute Gasteiger partial charge is 0.613 e. The summed E-state index contributed by atoms with van der Waals surface area (Å²) in [5, 5.41) is 12.4. The van der Waals surface area contributed by atoms with Crippen LogP contribution in [0, 0.1) is 6.92 Å². The van der Waals surface area contributed by atoms with Crippen molar-refractivity contribution < 1.29 is 32.9 Å². The second kappa shape index (κ2) is 9.68. The van der Waals surface area contributed by atoms with Gasteiger partial charge in [0.05, 0.1) is 6.10 Å². The predicted molar refractivity (Wildman–Crippen MR) is 98.3 cm³/mol. The lowest BCUT2D eigenvalue weighted by atomic mass is 10.1. The van der Waals surface area contributed by atoms with Gasteiger partial charge >= 0.3 is 19.8 Å². The van der Waals surface area contributed by atoms with Crippen LogP contribution in [0.3, 0.4) is 0 Å². The lowest BCUT2D eigenvalue weighted by Crippen LogP contribution is -2.36. The van der Waals surface area contributed by atoms with E-state index in [1.165, 1.54) is 13.8 Å². The third kappa shape index (κ3) is 5.77. The minimum Gasteiger partial charge on any atom is -0.462 e. The molecule has 1 fully saturated rings. The number of esters is 1. The second-order valence-electron chi connectivity index (χ2n) is 6.87. The molecule has 3 N–H and O–H groups in total. The van der Waals surface area contributed by atoms with Gasteiger partial charge in [0.25, 0.3) is 5.56 Å². The molecule has 162 valence electrons. The summed E-state index contributed by atoms with van der Waals surface area (Å²) in [5.41, 5.74) is -1.36. The van der Waals surface area contributed by atoms with E-state index in [2.05, 4.69) is 5.09 Å². The van der Waals surface area contributed by atoms with E-state index in [9.17, 15) is 28.4 Å². The molecule has 1 saturated heterocycles. The van der Waals surface area contributed by atoms with Crippen LogP contribution in [-0.4, -0.2) is 57.8 Å². The standard InChI is InChI=1S/C16H23FN3O8P/c1-7(2)27-15(23)9(4)19-29(25)26-6-10-12(21)11(17)14(28-10)20-5-8(3)13(22)18-16(20)24/h5,7,9-12,14,21H,6H2,1-4H3,(H-,18,19,22,24,25)/p+1/t9-,10-,11?,12?,14-/m0/s1. The van der Waals surface area contributed by atoms with Crippen LogP contribution in [0.5, 0.6) is 0 Å². The number of alkyl halides is 1. The number of halogens is 1. The number of aliphatic hydroxyl groups excluding tert-OH is 1. The molecule has 0 aromatic carbocycles. The zero-order chi connectivity index (χ0) is 21.9. The zero-order valence-corrected chi connectivity index (χ0v) is 17.2. The van der Waals surface area contributed by atoms with Crippen molar-refractivity contribution in [2.24, 2.45) is 0 Å². The van der Waals surface area contributed by atoms with E-state index in [4.69, 9.17) is 14.0 Å². The van der Waals surface area contributed by atoms with Gasteiger partial charge in [0.2, 0.25) is 0 Å². The molecule has 0 bridgehead atoms. The molecule has 6 atom stereocenters. The molecular formula is C16H24FN3O8P+. The smallest absolute Gasteiger partial charge is 0.462 e. The average molecular weight is 436 g/mol. The Morgan fingerprint density at radius 1 is 1.45 bits per heavy atom. The number of nitrogens with zero attached hydrogens (tertiary/aromatic N) is 1. The van der Waals surface area contributed by atoms with Crippen LogP contribution < -0.4 is 16.3 Å². The van der Waals surface area contributed by atoms with E-state index in [0.717, 1.165) is 10.8 Å². The number of ether oxygens (including phenoxy) is 2. The van der Waals surface area contributed by atoms with Crippen molar-refractivity contribution in [2.75, 3.05) is 6.61 Å². The van der Waals surface area contributed by atoms with Gasteiger partial charge in [-0.1, -0.05) is 5.09 Å². The summed E-state index contributed by atoms with van der Waals surface area (Å²) in [6, 6.07) is -0.917. The summed E-state index contributed by atoms with van der Waals surface area (Å²) >= 11 is 0. The summed E-state index contributed by atoms with van der Waals surface area (Å²) in [6.45, 7) is 5.72. The Bertz CT molecular complexity index is 872. The van der Waals surface area contributed by atoms with E-state index in [1.807, 2.05) is 4.98 Å². The van der Waals surface area contributed by atoms with Crippen molar-refractivity contribution >= 4 is 14.1 Å². The quantitative estimate of drug-likeness (QED) is 0.379. The van der Waals surface area contributed by atoms with E-state index in [-0.39, 0.29) is 11.7 Å². The first kappa shape index (κ1) is 23.3. The van der Waals surface area contributed by atoms with Crippen molar-refractivity contribution in [2.45, 2.75) is 64.4 Å². The maximum absolute atomic E-state index is 14.5. The highest BCUT2D eigenvalue weighted by Gasteiger charge is 2.47. The number of aryl methyl sites for hydroxylation is 1. The lowest BCUT2D eigenvalue weighted by molar-refractivity contribution is -0.149. The van der Waals surface area contributed by atoms with Crippen LogP contribution in [0.2, 0.25) is 0 Å². The fourth-order valence-corrected chi connectivity index (χ4v) is 3.34. The van der Waals surface area contributed by atoms with Gasteiger partial charge in [-0.05, 0) is 32.3 Å². The number of hydrogen-bond acceptors (Lipinski definition) is 8. The topological polar surface area (TPSA) is 149 Å². The molecule has 1 aromatic heterocycles. The minimum atomic E-state index is -2.54. The molecule has 1 aliphatic heterocycles. The molecule has 2 rings (SSSR count). The molecule has 0 saturated carbocycles. The van der Waals surface area contributed by atoms with E-state index < -0.39 is 62.7 Å². The van der Waals surface area contributed by atoms with Crippen molar-refractivity contribution in [3.8, 4) is 0 Å². The van der Waals surface area contributed by atoms with E-state index >= 15 is 0 Å². The minimum absolute atomic E-state index is 0.157. The van der Waals surface area contributed by atoms with Gasteiger partial charge in [0, 0.05) is 11.8 Å². The zero-order valence-electron chi connectivity index (χ0n) is 16.3.